The Labute approximate surface area is 88.7 Å². The summed E-state index contributed by atoms with van der Waals surface area (Å²) in [5, 5.41) is 0.687. The first-order valence-corrected chi connectivity index (χ1v) is 5.88. The molecule has 0 spiro atoms. The standard InChI is InChI=1S/C10H15N3S/c1-8-7-13(4-5-14-8)10-6-9(11)2-3-12-10/h2-3,6,8H,4-5,7H2,1H3,(H2,11,12). The molecule has 1 aliphatic heterocycles. The van der Waals surface area contributed by atoms with Crippen molar-refractivity contribution in [3.05, 3.63) is 18.3 Å². The molecule has 0 aromatic carbocycles. The van der Waals surface area contributed by atoms with E-state index in [-0.39, 0.29) is 0 Å². The van der Waals surface area contributed by atoms with Crippen LogP contribution in [0.1, 0.15) is 6.92 Å². The number of nitrogen functional groups attached to an aromatic ring is 1. The molecule has 1 aromatic heterocycles. The fraction of sp³-hybridized carbons (Fsp3) is 0.500. The number of hydrogen-bond acceptors (Lipinski definition) is 4. The highest BCUT2D eigenvalue weighted by atomic mass is 32.2. The van der Waals surface area contributed by atoms with Gasteiger partial charge in [-0.05, 0) is 6.07 Å². The van der Waals surface area contributed by atoms with Gasteiger partial charge in [0.2, 0.25) is 0 Å². The van der Waals surface area contributed by atoms with Gasteiger partial charge in [-0.2, -0.15) is 11.8 Å². The Hall–Kier alpha value is -0.900. The molecule has 76 valence electrons. The second kappa shape index (κ2) is 4.09. The van der Waals surface area contributed by atoms with Crippen molar-refractivity contribution >= 4 is 23.3 Å². The van der Waals surface area contributed by atoms with Crippen LogP contribution in [-0.4, -0.2) is 29.1 Å². The van der Waals surface area contributed by atoms with E-state index < -0.39 is 0 Å². The van der Waals surface area contributed by atoms with Crippen molar-refractivity contribution in [2.45, 2.75) is 12.2 Å². The topological polar surface area (TPSA) is 42.1 Å². The highest BCUT2D eigenvalue weighted by Gasteiger charge is 2.17. The van der Waals surface area contributed by atoms with Crippen LogP contribution in [-0.2, 0) is 0 Å². The molecule has 2 rings (SSSR count). The Kier molecular flexibility index (Phi) is 2.82. The second-order valence-corrected chi connectivity index (χ2v) is 5.12. The molecule has 2 heterocycles. The predicted octanol–water partition coefficient (Wildman–Crippen LogP) is 1.61. The molecule has 1 atom stereocenters. The predicted molar refractivity (Wildman–Crippen MR) is 62.8 cm³/mol. The summed E-state index contributed by atoms with van der Waals surface area (Å²) in [5.74, 6) is 2.19. The van der Waals surface area contributed by atoms with Crippen molar-refractivity contribution in [3.8, 4) is 0 Å². The summed E-state index contributed by atoms with van der Waals surface area (Å²) in [6.07, 6.45) is 1.77. The molecule has 4 heteroatoms. The third-order valence-electron chi connectivity index (χ3n) is 2.33. The zero-order chi connectivity index (χ0) is 9.97. The number of thioether (sulfide) groups is 1. The van der Waals surface area contributed by atoms with Crippen LogP contribution in [0.15, 0.2) is 18.3 Å². The number of nitrogens with two attached hydrogens (primary N) is 1. The van der Waals surface area contributed by atoms with Gasteiger partial charge in [-0.15, -0.1) is 0 Å². The molecule has 1 aliphatic rings. The van der Waals surface area contributed by atoms with Crippen molar-refractivity contribution < 1.29 is 0 Å². The van der Waals surface area contributed by atoms with Crippen molar-refractivity contribution in [1.82, 2.24) is 4.98 Å². The van der Waals surface area contributed by atoms with Crippen molar-refractivity contribution in [2.24, 2.45) is 0 Å². The Balaban J connectivity index is 2.14. The highest BCUT2D eigenvalue weighted by Crippen LogP contribution is 2.22. The fourth-order valence-corrected chi connectivity index (χ4v) is 2.65. The first-order chi connectivity index (χ1) is 6.75. The fourth-order valence-electron chi connectivity index (χ4n) is 1.63. The molecule has 1 fully saturated rings. The van der Waals surface area contributed by atoms with Crippen LogP contribution >= 0.6 is 11.8 Å². The molecule has 14 heavy (non-hydrogen) atoms. The maximum atomic E-state index is 5.73. The summed E-state index contributed by atoms with van der Waals surface area (Å²) < 4.78 is 0. The SMILES string of the molecule is CC1CN(c2cc(N)ccn2)CCS1. The molecule has 0 bridgehead atoms. The Morgan fingerprint density at radius 1 is 1.64 bits per heavy atom. The van der Waals surface area contributed by atoms with Gasteiger partial charge >= 0.3 is 0 Å². The van der Waals surface area contributed by atoms with Gasteiger partial charge in [0.05, 0.1) is 0 Å². The van der Waals surface area contributed by atoms with E-state index in [2.05, 4.69) is 16.8 Å². The van der Waals surface area contributed by atoms with E-state index in [4.69, 9.17) is 5.73 Å². The maximum Gasteiger partial charge on any atom is 0.130 e. The van der Waals surface area contributed by atoms with E-state index in [0.717, 1.165) is 24.6 Å². The van der Waals surface area contributed by atoms with E-state index in [1.54, 1.807) is 6.20 Å². The van der Waals surface area contributed by atoms with Crippen molar-refractivity contribution in [1.29, 1.82) is 0 Å². The molecule has 1 unspecified atom stereocenters. The van der Waals surface area contributed by atoms with Gasteiger partial charge in [0, 0.05) is 42.0 Å². The number of anilines is 2. The molecule has 1 saturated heterocycles. The minimum Gasteiger partial charge on any atom is -0.399 e. The van der Waals surface area contributed by atoms with Crippen LogP contribution in [0.2, 0.25) is 0 Å². The number of aromatic nitrogens is 1. The largest absolute Gasteiger partial charge is 0.399 e. The third-order valence-corrected chi connectivity index (χ3v) is 3.47. The van der Waals surface area contributed by atoms with E-state index in [0.29, 0.717) is 5.25 Å². The van der Waals surface area contributed by atoms with Gasteiger partial charge in [-0.1, -0.05) is 6.92 Å². The molecule has 0 amide bonds. The van der Waals surface area contributed by atoms with Crippen LogP contribution in [0.3, 0.4) is 0 Å². The molecule has 2 N–H and O–H groups in total. The molecule has 0 aliphatic carbocycles. The van der Waals surface area contributed by atoms with E-state index in [1.165, 1.54) is 5.75 Å². The number of hydrogen-bond donors (Lipinski definition) is 1. The lowest BCUT2D eigenvalue weighted by molar-refractivity contribution is 0.770. The van der Waals surface area contributed by atoms with Crippen LogP contribution in [0.4, 0.5) is 11.5 Å². The maximum absolute atomic E-state index is 5.73. The summed E-state index contributed by atoms with van der Waals surface area (Å²) in [4.78, 5) is 6.64. The van der Waals surface area contributed by atoms with Crippen molar-refractivity contribution in [3.63, 3.8) is 0 Å². The quantitative estimate of drug-likeness (QED) is 0.763. The summed E-state index contributed by atoms with van der Waals surface area (Å²) in [6.45, 7) is 4.40. The molecule has 0 saturated carbocycles. The normalized spacial score (nSPS) is 22.4. The van der Waals surface area contributed by atoms with Crippen LogP contribution in [0.5, 0.6) is 0 Å². The molecule has 1 aromatic rings. The molecule has 0 radical (unpaired) electrons. The first-order valence-electron chi connectivity index (χ1n) is 4.84. The lowest BCUT2D eigenvalue weighted by Crippen LogP contribution is -2.37. The number of nitrogens with zero attached hydrogens (tertiary/aromatic N) is 2. The summed E-state index contributed by atoms with van der Waals surface area (Å²) >= 11 is 2.02. The highest BCUT2D eigenvalue weighted by molar-refractivity contribution is 8.00. The van der Waals surface area contributed by atoms with Crippen LogP contribution in [0, 0.1) is 0 Å². The zero-order valence-corrected chi connectivity index (χ0v) is 9.13. The van der Waals surface area contributed by atoms with E-state index >= 15 is 0 Å². The Morgan fingerprint density at radius 2 is 2.50 bits per heavy atom. The van der Waals surface area contributed by atoms with E-state index in [9.17, 15) is 0 Å². The van der Waals surface area contributed by atoms with Gasteiger partial charge in [0.1, 0.15) is 5.82 Å². The van der Waals surface area contributed by atoms with Gasteiger partial charge < -0.3 is 10.6 Å². The molecular formula is C10H15N3S. The van der Waals surface area contributed by atoms with Crippen LogP contribution < -0.4 is 10.6 Å². The Morgan fingerprint density at radius 3 is 3.21 bits per heavy atom. The van der Waals surface area contributed by atoms with Gasteiger partial charge in [0.25, 0.3) is 0 Å². The lowest BCUT2D eigenvalue weighted by atomic mass is 10.3. The second-order valence-electron chi connectivity index (χ2n) is 3.57. The number of rotatable bonds is 1. The van der Waals surface area contributed by atoms with E-state index in [1.807, 2.05) is 23.9 Å². The first kappa shape index (κ1) is 9.65. The van der Waals surface area contributed by atoms with Crippen LogP contribution in [0.25, 0.3) is 0 Å². The van der Waals surface area contributed by atoms with Gasteiger partial charge in [-0.25, -0.2) is 4.98 Å². The minimum absolute atomic E-state index is 0.687. The lowest BCUT2D eigenvalue weighted by Gasteiger charge is -2.31. The number of pyridine rings is 1. The van der Waals surface area contributed by atoms with Gasteiger partial charge in [-0.3, -0.25) is 0 Å². The average molecular weight is 209 g/mol. The summed E-state index contributed by atoms with van der Waals surface area (Å²) in [5.41, 5.74) is 6.52. The Bertz CT molecular complexity index is 316. The van der Waals surface area contributed by atoms with Crippen molar-refractivity contribution in [2.75, 3.05) is 29.5 Å². The molecule has 3 nitrogen and oxygen atoms in total. The van der Waals surface area contributed by atoms with Gasteiger partial charge in [0.15, 0.2) is 0 Å². The smallest absolute Gasteiger partial charge is 0.130 e. The molecular weight excluding hydrogens is 194 g/mol. The summed E-state index contributed by atoms with van der Waals surface area (Å²) in [7, 11) is 0. The third kappa shape index (κ3) is 2.12. The monoisotopic (exact) mass is 209 g/mol. The summed E-state index contributed by atoms with van der Waals surface area (Å²) in [6, 6.07) is 3.77. The average Bonchev–Trinajstić information content (AvgIpc) is 2.18. The minimum atomic E-state index is 0.687. The zero-order valence-electron chi connectivity index (χ0n) is 8.31.